The molecule has 0 aliphatic heterocycles. The topological polar surface area (TPSA) is 54.5 Å². The molecule has 0 heterocycles. The van der Waals surface area contributed by atoms with Gasteiger partial charge in [-0.05, 0) is 45.0 Å². The zero-order chi connectivity index (χ0) is 16.3. The van der Waals surface area contributed by atoms with Gasteiger partial charge in [0.15, 0.2) is 0 Å². The quantitative estimate of drug-likeness (QED) is 0.870. The Morgan fingerprint density at radius 2 is 1.50 bits per heavy atom. The van der Waals surface area contributed by atoms with E-state index in [0.717, 1.165) is 9.87 Å². The van der Waals surface area contributed by atoms with E-state index in [-0.39, 0.29) is 4.90 Å². The van der Waals surface area contributed by atoms with Crippen LogP contribution < -0.4 is 0 Å². The Balaban J connectivity index is 2.48. The summed E-state index contributed by atoms with van der Waals surface area (Å²) in [6.45, 7) is 5.25. The third kappa shape index (κ3) is 3.20. The van der Waals surface area contributed by atoms with Crippen LogP contribution in [-0.4, -0.2) is 24.7 Å². The van der Waals surface area contributed by atoms with Crippen molar-refractivity contribution in [3.8, 4) is 0 Å². The van der Waals surface area contributed by atoms with Gasteiger partial charge in [0.05, 0.1) is 4.90 Å². The number of benzene rings is 2. The molecule has 1 amide bonds. The van der Waals surface area contributed by atoms with Gasteiger partial charge in [0.1, 0.15) is 0 Å². The van der Waals surface area contributed by atoms with Crippen molar-refractivity contribution in [2.45, 2.75) is 31.7 Å². The summed E-state index contributed by atoms with van der Waals surface area (Å²) in [7, 11) is -3.88. The summed E-state index contributed by atoms with van der Waals surface area (Å²) in [5.74, 6) is -0.517. The van der Waals surface area contributed by atoms with Crippen molar-refractivity contribution in [2.75, 3.05) is 0 Å². The lowest BCUT2D eigenvalue weighted by Gasteiger charge is -2.26. The van der Waals surface area contributed by atoms with Gasteiger partial charge >= 0.3 is 0 Å². The van der Waals surface area contributed by atoms with Crippen LogP contribution in [0.15, 0.2) is 59.5 Å². The lowest BCUT2D eigenvalue weighted by atomic mass is 10.2. The molecule has 4 nitrogen and oxygen atoms in total. The molecule has 0 radical (unpaired) electrons. The van der Waals surface area contributed by atoms with E-state index in [1.807, 2.05) is 6.92 Å². The molecule has 0 atom stereocenters. The Morgan fingerprint density at radius 3 is 2.00 bits per heavy atom. The highest BCUT2D eigenvalue weighted by Gasteiger charge is 2.32. The highest BCUT2D eigenvalue weighted by Crippen LogP contribution is 2.21. The van der Waals surface area contributed by atoms with Gasteiger partial charge in [0.25, 0.3) is 15.9 Å². The predicted molar refractivity (Wildman–Crippen MR) is 86.1 cm³/mol. The van der Waals surface area contributed by atoms with Gasteiger partial charge in [0.2, 0.25) is 0 Å². The zero-order valence-corrected chi connectivity index (χ0v) is 13.7. The van der Waals surface area contributed by atoms with Crippen LogP contribution in [0.4, 0.5) is 0 Å². The maximum atomic E-state index is 12.8. The lowest BCUT2D eigenvalue weighted by Crippen LogP contribution is -2.41. The number of carbonyl (C=O) groups is 1. The van der Waals surface area contributed by atoms with Crippen LogP contribution in [0, 0.1) is 6.92 Å². The fourth-order valence-electron chi connectivity index (χ4n) is 2.15. The van der Waals surface area contributed by atoms with Crippen molar-refractivity contribution in [3.05, 3.63) is 65.7 Å². The molecule has 2 aromatic rings. The molecule has 2 aromatic carbocycles. The van der Waals surface area contributed by atoms with E-state index in [0.29, 0.717) is 5.56 Å². The largest absolute Gasteiger partial charge is 0.268 e. The van der Waals surface area contributed by atoms with Gasteiger partial charge in [-0.15, -0.1) is 0 Å². The number of sulfonamides is 1. The molecule has 0 saturated heterocycles. The van der Waals surface area contributed by atoms with Crippen LogP contribution >= 0.6 is 0 Å². The Kier molecular flexibility index (Phi) is 4.66. The first kappa shape index (κ1) is 16.2. The van der Waals surface area contributed by atoms with Gasteiger partial charge in [-0.1, -0.05) is 35.9 Å². The summed E-state index contributed by atoms with van der Waals surface area (Å²) in [5.41, 5.74) is 1.32. The average molecular weight is 317 g/mol. The molecule has 0 fully saturated rings. The molecule has 0 unspecified atom stereocenters. The minimum absolute atomic E-state index is 0.121. The fraction of sp³-hybridized carbons (Fsp3) is 0.235. The van der Waals surface area contributed by atoms with Crippen molar-refractivity contribution in [1.82, 2.24) is 4.31 Å². The first-order valence-corrected chi connectivity index (χ1v) is 8.48. The van der Waals surface area contributed by atoms with Crippen LogP contribution in [0.2, 0.25) is 0 Å². The second kappa shape index (κ2) is 6.32. The summed E-state index contributed by atoms with van der Waals surface area (Å²) in [6.07, 6.45) is 0. The Morgan fingerprint density at radius 1 is 0.955 bits per heavy atom. The maximum Gasteiger partial charge on any atom is 0.267 e. The minimum atomic E-state index is -3.88. The molecular formula is C17H19NO3S. The van der Waals surface area contributed by atoms with E-state index < -0.39 is 22.0 Å². The third-order valence-corrected chi connectivity index (χ3v) is 5.24. The monoisotopic (exact) mass is 317 g/mol. The van der Waals surface area contributed by atoms with E-state index in [2.05, 4.69) is 0 Å². The number of hydrogen-bond donors (Lipinski definition) is 0. The van der Waals surface area contributed by atoms with E-state index in [9.17, 15) is 13.2 Å². The van der Waals surface area contributed by atoms with Crippen LogP contribution in [0.1, 0.15) is 29.8 Å². The van der Waals surface area contributed by atoms with Crippen molar-refractivity contribution in [2.24, 2.45) is 0 Å². The molecule has 2 rings (SSSR count). The second-order valence-corrected chi connectivity index (χ2v) is 7.19. The molecule has 0 aliphatic carbocycles. The van der Waals surface area contributed by atoms with Crippen LogP contribution in [0.25, 0.3) is 0 Å². The molecule has 22 heavy (non-hydrogen) atoms. The van der Waals surface area contributed by atoms with Crippen molar-refractivity contribution in [3.63, 3.8) is 0 Å². The van der Waals surface area contributed by atoms with Crippen molar-refractivity contribution >= 4 is 15.9 Å². The second-order valence-electron chi connectivity index (χ2n) is 5.38. The summed E-state index contributed by atoms with van der Waals surface area (Å²) in [6, 6.07) is 14.5. The predicted octanol–water partition coefficient (Wildman–Crippen LogP) is 3.23. The SMILES string of the molecule is Cc1ccc(S(=O)(=O)N(C(=O)c2ccccc2)C(C)C)cc1. The van der Waals surface area contributed by atoms with E-state index >= 15 is 0 Å². The Bertz CT molecular complexity index is 750. The van der Waals surface area contributed by atoms with E-state index in [1.54, 1.807) is 56.3 Å². The van der Waals surface area contributed by atoms with Crippen LogP contribution in [0.5, 0.6) is 0 Å². The molecule has 0 N–H and O–H groups in total. The Hall–Kier alpha value is -2.14. The molecule has 0 aliphatic rings. The molecular weight excluding hydrogens is 298 g/mol. The average Bonchev–Trinajstić information content (AvgIpc) is 2.48. The lowest BCUT2D eigenvalue weighted by molar-refractivity contribution is 0.0835. The summed E-state index contributed by atoms with van der Waals surface area (Å²) >= 11 is 0. The van der Waals surface area contributed by atoms with Gasteiger partial charge in [-0.25, -0.2) is 12.7 Å². The number of rotatable bonds is 4. The number of nitrogens with zero attached hydrogens (tertiary/aromatic N) is 1. The Labute approximate surface area is 131 Å². The normalized spacial score (nSPS) is 11.5. The standard InChI is InChI=1S/C17H19NO3S/c1-13(2)18(17(19)15-7-5-4-6-8-15)22(20,21)16-11-9-14(3)10-12-16/h4-13H,1-3H3. The number of hydrogen-bond acceptors (Lipinski definition) is 3. The molecule has 0 aromatic heterocycles. The van der Waals surface area contributed by atoms with Gasteiger partial charge < -0.3 is 0 Å². The van der Waals surface area contributed by atoms with Gasteiger partial charge in [-0.3, -0.25) is 4.79 Å². The number of carbonyl (C=O) groups excluding carboxylic acids is 1. The van der Waals surface area contributed by atoms with Crippen LogP contribution in [-0.2, 0) is 10.0 Å². The van der Waals surface area contributed by atoms with Crippen molar-refractivity contribution < 1.29 is 13.2 Å². The number of aryl methyl sites for hydroxylation is 1. The van der Waals surface area contributed by atoms with E-state index in [4.69, 9.17) is 0 Å². The zero-order valence-electron chi connectivity index (χ0n) is 12.9. The first-order valence-electron chi connectivity index (χ1n) is 7.04. The van der Waals surface area contributed by atoms with Gasteiger partial charge in [-0.2, -0.15) is 0 Å². The first-order chi connectivity index (χ1) is 10.3. The summed E-state index contributed by atoms with van der Waals surface area (Å²) < 4.78 is 26.5. The molecule has 5 heteroatoms. The highest BCUT2D eigenvalue weighted by molar-refractivity contribution is 7.89. The van der Waals surface area contributed by atoms with E-state index in [1.165, 1.54) is 12.1 Å². The molecule has 0 spiro atoms. The summed E-state index contributed by atoms with van der Waals surface area (Å²) in [4.78, 5) is 12.7. The smallest absolute Gasteiger partial charge is 0.267 e. The van der Waals surface area contributed by atoms with Gasteiger partial charge in [0, 0.05) is 11.6 Å². The number of amides is 1. The third-order valence-electron chi connectivity index (χ3n) is 3.27. The van der Waals surface area contributed by atoms with Crippen molar-refractivity contribution in [1.29, 1.82) is 0 Å². The molecule has 116 valence electrons. The van der Waals surface area contributed by atoms with Crippen LogP contribution in [0.3, 0.4) is 0 Å². The molecule has 0 bridgehead atoms. The highest BCUT2D eigenvalue weighted by atomic mass is 32.2. The minimum Gasteiger partial charge on any atom is -0.268 e. The molecule has 0 saturated carbocycles. The maximum absolute atomic E-state index is 12.8. The summed E-state index contributed by atoms with van der Waals surface area (Å²) in [5, 5.41) is 0. The fourth-order valence-corrected chi connectivity index (χ4v) is 3.74.